The quantitative estimate of drug-likeness (QED) is 0.829. The van der Waals surface area contributed by atoms with Gasteiger partial charge in [-0.15, -0.1) is 11.3 Å². The molecule has 0 aliphatic carbocycles. The molecule has 2 rings (SSSR count). The van der Waals surface area contributed by atoms with E-state index >= 15 is 0 Å². The number of aromatic nitrogens is 1. The molecule has 2 N–H and O–H groups in total. The van der Waals surface area contributed by atoms with Crippen molar-refractivity contribution in [2.24, 2.45) is 5.92 Å². The molecule has 1 aromatic heterocycles. The van der Waals surface area contributed by atoms with Crippen LogP contribution in [0.1, 0.15) is 24.3 Å². The molecule has 1 atom stereocenters. The molecule has 1 aromatic rings. The van der Waals surface area contributed by atoms with Crippen LogP contribution in [0, 0.1) is 5.92 Å². The largest absolute Gasteiger partial charge is 0.356 e. The van der Waals surface area contributed by atoms with Gasteiger partial charge < -0.3 is 10.6 Å². The maximum atomic E-state index is 11.7. The summed E-state index contributed by atoms with van der Waals surface area (Å²) in [5, 5.41) is 9.35. The molecule has 4 nitrogen and oxygen atoms in total. The van der Waals surface area contributed by atoms with E-state index in [1.807, 2.05) is 5.38 Å². The van der Waals surface area contributed by atoms with Crippen LogP contribution in [0.15, 0.2) is 11.6 Å². The normalized spacial score (nSPS) is 20.1. The van der Waals surface area contributed by atoms with Crippen molar-refractivity contribution in [3.8, 4) is 0 Å². The van der Waals surface area contributed by atoms with Crippen molar-refractivity contribution in [2.45, 2.75) is 25.7 Å². The Morgan fingerprint density at radius 3 is 3.29 bits per heavy atom. The van der Waals surface area contributed by atoms with Crippen molar-refractivity contribution < 1.29 is 4.79 Å². The van der Waals surface area contributed by atoms with Crippen molar-refractivity contribution in [3.63, 3.8) is 0 Å². The minimum Gasteiger partial charge on any atom is -0.356 e. The summed E-state index contributed by atoms with van der Waals surface area (Å²) in [6.45, 7) is 2.79. The van der Waals surface area contributed by atoms with Crippen molar-refractivity contribution in [3.05, 3.63) is 16.6 Å². The minimum absolute atomic E-state index is 0.176. The number of thiazole rings is 1. The summed E-state index contributed by atoms with van der Waals surface area (Å²) in [6.07, 6.45) is 5.66. The van der Waals surface area contributed by atoms with Crippen LogP contribution in [0.2, 0.25) is 0 Å². The number of hydrogen-bond acceptors (Lipinski definition) is 4. The van der Waals surface area contributed by atoms with Gasteiger partial charge in [-0.2, -0.15) is 0 Å². The zero-order valence-corrected chi connectivity index (χ0v) is 10.8. The Balaban J connectivity index is 1.60. The van der Waals surface area contributed by atoms with Gasteiger partial charge in [-0.05, 0) is 31.8 Å². The highest BCUT2D eigenvalue weighted by Gasteiger charge is 2.16. The maximum absolute atomic E-state index is 11.7. The van der Waals surface area contributed by atoms with E-state index in [4.69, 9.17) is 0 Å². The summed E-state index contributed by atoms with van der Waals surface area (Å²) < 4.78 is 0. The molecule has 0 saturated carbocycles. The molecule has 1 saturated heterocycles. The zero-order valence-electron chi connectivity index (χ0n) is 9.95. The summed E-state index contributed by atoms with van der Waals surface area (Å²) in [6, 6.07) is 0. The molecule has 2 heterocycles. The van der Waals surface area contributed by atoms with Crippen LogP contribution >= 0.6 is 11.3 Å². The molecule has 17 heavy (non-hydrogen) atoms. The van der Waals surface area contributed by atoms with E-state index < -0.39 is 0 Å². The Kier molecular flexibility index (Phi) is 4.94. The van der Waals surface area contributed by atoms with Crippen molar-refractivity contribution >= 4 is 17.2 Å². The standard InChI is InChI=1S/C12H19N3OS/c16-11(8-10-2-1-4-13-9-10)14-5-3-12-15-6-7-17-12/h6-7,10,13H,1-5,8-9H2,(H,14,16). The third-order valence-corrected chi connectivity index (χ3v) is 3.86. The maximum Gasteiger partial charge on any atom is 0.220 e. The summed E-state index contributed by atoms with van der Waals surface area (Å²) in [7, 11) is 0. The predicted molar refractivity (Wildman–Crippen MR) is 69.0 cm³/mol. The van der Waals surface area contributed by atoms with Gasteiger partial charge in [0.05, 0.1) is 5.01 Å². The Morgan fingerprint density at radius 1 is 1.65 bits per heavy atom. The van der Waals surface area contributed by atoms with Crippen molar-refractivity contribution in [1.82, 2.24) is 15.6 Å². The fourth-order valence-corrected chi connectivity index (χ4v) is 2.74. The highest BCUT2D eigenvalue weighted by Crippen LogP contribution is 2.13. The van der Waals surface area contributed by atoms with E-state index in [1.54, 1.807) is 17.5 Å². The van der Waals surface area contributed by atoms with Gasteiger partial charge in [0.15, 0.2) is 0 Å². The molecule has 0 spiro atoms. The molecular formula is C12H19N3OS. The van der Waals surface area contributed by atoms with E-state index in [9.17, 15) is 4.79 Å². The predicted octanol–water partition coefficient (Wildman–Crippen LogP) is 1.19. The van der Waals surface area contributed by atoms with Gasteiger partial charge in [0.2, 0.25) is 5.91 Å². The number of carbonyl (C=O) groups excluding carboxylic acids is 1. The third kappa shape index (κ3) is 4.44. The number of piperidine rings is 1. The highest BCUT2D eigenvalue weighted by molar-refractivity contribution is 7.09. The average Bonchev–Trinajstić information content (AvgIpc) is 2.83. The average molecular weight is 253 g/mol. The Morgan fingerprint density at radius 2 is 2.59 bits per heavy atom. The van der Waals surface area contributed by atoms with Gasteiger partial charge in [-0.1, -0.05) is 0 Å². The molecule has 94 valence electrons. The van der Waals surface area contributed by atoms with Crippen LogP contribution in [0.5, 0.6) is 0 Å². The number of rotatable bonds is 5. The molecule has 1 aliphatic rings. The first-order valence-corrected chi connectivity index (χ1v) is 7.08. The minimum atomic E-state index is 0.176. The van der Waals surface area contributed by atoms with Crippen LogP contribution in [0.4, 0.5) is 0 Å². The topological polar surface area (TPSA) is 54.0 Å². The van der Waals surface area contributed by atoms with Crippen LogP contribution in [0.25, 0.3) is 0 Å². The van der Waals surface area contributed by atoms with Gasteiger partial charge in [0.25, 0.3) is 0 Å². The number of nitrogens with zero attached hydrogens (tertiary/aromatic N) is 1. The van der Waals surface area contributed by atoms with Gasteiger partial charge in [-0.25, -0.2) is 4.98 Å². The van der Waals surface area contributed by atoms with Gasteiger partial charge in [-0.3, -0.25) is 4.79 Å². The van der Waals surface area contributed by atoms with Crippen LogP contribution in [-0.4, -0.2) is 30.5 Å². The van der Waals surface area contributed by atoms with Gasteiger partial charge >= 0.3 is 0 Å². The zero-order chi connectivity index (χ0) is 11.9. The molecular weight excluding hydrogens is 234 g/mol. The second-order valence-corrected chi connectivity index (χ2v) is 5.42. The smallest absolute Gasteiger partial charge is 0.220 e. The SMILES string of the molecule is O=C(CC1CCCNC1)NCCc1nccs1. The van der Waals surface area contributed by atoms with Crippen molar-refractivity contribution in [1.29, 1.82) is 0 Å². The lowest BCUT2D eigenvalue weighted by molar-refractivity contribution is -0.122. The summed E-state index contributed by atoms with van der Waals surface area (Å²) in [5.41, 5.74) is 0. The first-order chi connectivity index (χ1) is 8.34. The van der Waals surface area contributed by atoms with Crippen molar-refractivity contribution in [2.75, 3.05) is 19.6 Å². The number of carbonyl (C=O) groups is 1. The fourth-order valence-electron chi connectivity index (χ4n) is 2.12. The number of nitrogens with one attached hydrogen (secondary N) is 2. The summed E-state index contributed by atoms with van der Waals surface area (Å²) in [4.78, 5) is 15.9. The molecule has 5 heteroatoms. The molecule has 1 amide bonds. The van der Waals surface area contributed by atoms with Gasteiger partial charge in [0.1, 0.15) is 0 Å². The second-order valence-electron chi connectivity index (χ2n) is 4.44. The molecule has 0 radical (unpaired) electrons. The molecule has 1 unspecified atom stereocenters. The van der Waals surface area contributed by atoms with E-state index in [0.717, 1.165) is 24.5 Å². The molecule has 0 aromatic carbocycles. The van der Waals surface area contributed by atoms with Crippen LogP contribution < -0.4 is 10.6 Å². The molecule has 0 bridgehead atoms. The highest BCUT2D eigenvalue weighted by atomic mass is 32.1. The van der Waals surface area contributed by atoms with Crippen LogP contribution in [-0.2, 0) is 11.2 Å². The number of amides is 1. The Labute approximate surface area is 106 Å². The Hall–Kier alpha value is -0.940. The Bertz CT molecular complexity index is 334. The van der Waals surface area contributed by atoms with E-state index in [1.165, 1.54) is 12.8 Å². The number of hydrogen-bond donors (Lipinski definition) is 2. The lowest BCUT2D eigenvalue weighted by Crippen LogP contribution is -2.34. The van der Waals surface area contributed by atoms with E-state index in [-0.39, 0.29) is 5.91 Å². The third-order valence-electron chi connectivity index (χ3n) is 3.02. The molecule has 1 aliphatic heterocycles. The van der Waals surface area contributed by atoms with Crippen LogP contribution in [0.3, 0.4) is 0 Å². The van der Waals surface area contributed by atoms with Gasteiger partial charge in [0, 0.05) is 31.0 Å². The second kappa shape index (κ2) is 6.71. The fraction of sp³-hybridized carbons (Fsp3) is 0.667. The monoisotopic (exact) mass is 253 g/mol. The van der Waals surface area contributed by atoms with E-state index in [0.29, 0.717) is 18.9 Å². The lowest BCUT2D eigenvalue weighted by Gasteiger charge is -2.21. The first-order valence-electron chi connectivity index (χ1n) is 6.20. The summed E-state index contributed by atoms with van der Waals surface area (Å²) in [5.74, 6) is 0.693. The summed E-state index contributed by atoms with van der Waals surface area (Å²) >= 11 is 1.64. The lowest BCUT2D eigenvalue weighted by atomic mass is 9.96. The van der Waals surface area contributed by atoms with E-state index in [2.05, 4.69) is 15.6 Å². The molecule has 1 fully saturated rings. The first kappa shape index (κ1) is 12.5.